The molecule has 1 aromatic rings. The maximum absolute atomic E-state index is 10.5. The third-order valence-electron chi connectivity index (χ3n) is 1.95. The van der Waals surface area contributed by atoms with Crippen molar-refractivity contribution in [2.45, 2.75) is 12.8 Å². The third-order valence-corrected chi connectivity index (χ3v) is 2.94. The summed E-state index contributed by atoms with van der Waals surface area (Å²) in [5, 5.41) is 9.36. The average molecular weight is 198 g/mol. The van der Waals surface area contributed by atoms with Gasteiger partial charge in [-0.2, -0.15) is 0 Å². The van der Waals surface area contributed by atoms with Crippen molar-refractivity contribution in [1.29, 1.82) is 0 Å². The third kappa shape index (κ3) is 2.21. The lowest BCUT2D eigenvalue weighted by atomic mass is 10.4. The number of carboxylic acids is 1. The number of ether oxygens (including phenoxy) is 1. The van der Waals surface area contributed by atoms with Crippen molar-refractivity contribution in [3.63, 3.8) is 0 Å². The number of rotatable bonds is 4. The van der Waals surface area contributed by atoms with Gasteiger partial charge in [-0.25, -0.2) is 4.79 Å². The fourth-order valence-electron chi connectivity index (χ4n) is 0.997. The van der Waals surface area contributed by atoms with Gasteiger partial charge in [0.05, 0.1) is 6.61 Å². The first-order chi connectivity index (χ1) is 6.25. The van der Waals surface area contributed by atoms with Crippen LogP contribution < -0.4 is 4.74 Å². The number of hydrogen-bond donors (Lipinski definition) is 1. The van der Waals surface area contributed by atoms with Gasteiger partial charge in [-0.1, -0.05) is 11.3 Å². The molecule has 0 radical (unpaired) electrons. The van der Waals surface area contributed by atoms with Crippen LogP contribution in [-0.2, 0) is 0 Å². The predicted octanol–water partition coefficient (Wildman–Crippen LogP) is 2.24. The molecule has 1 N–H and O–H groups in total. The topological polar surface area (TPSA) is 46.5 Å². The van der Waals surface area contributed by atoms with E-state index < -0.39 is 5.97 Å². The van der Waals surface area contributed by atoms with E-state index in [2.05, 4.69) is 0 Å². The van der Waals surface area contributed by atoms with E-state index in [-0.39, 0.29) is 0 Å². The molecule has 1 saturated carbocycles. The smallest absolute Gasteiger partial charge is 0.345 e. The zero-order valence-corrected chi connectivity index (χ0v) is 7.84. The average Bonchev–Trinajstić information content (AvgIpc) is 2.79. The quantitative estimate of drug-likeness (QED) is 0.807. The Labute approximate surface area is 80.0 Å². The Kier molecular flexibility index (Phi) is 2.22. The molecule has 2 rings (SSSR count). The van der Waals surface area contributed by atoms with Crippen LogP contribution in [0.5, 0.6) is 5.06 Å². The zero-order chi connectivity index (χ0) is 9.26. The summed E-state index contributed by atoms with van der Waals surface area (Å²) >= 11 is 1.19. The highest BCUT2D eigenvalue weighted by Gasteiger charge is 2.22. The summed E-state index contributed by atoms with van der Waals surface area (Å²) in [6.45, 7) is 0.736. The van der Waals surface area contributed by atoms with Crippen molar-refractivity contribution in [3.05, 3.63) is 17.0 Å². The Hall–Kier alpha value is -1.03. The minimum atomic E-state index is -0.883. The Morgan fingerprint density at radius 2 is 2.38 bits per heavy atom. The molecule has 0 spiro atoms. The largest absolute Gasteiger partial charge is 0.484 e. The van der Waals surface area contributed by atoms with E-state index in [1.807, 2.05) is 0 Å². The highest BCUT2D eigenvalue weighted by Crippen LogP contribution is 2.31. The van der Waals surface area contributed by atoms with Crippen molar-refractivity contribution < 1.29 is 14.6 Å². The van der Waals surface area contributed by atoms with Gasteiger partial charge >= 0.3 is 5.97 Å². The molecular weight excluding hydrogens is 188 g/mol. The molecule has 0 aliphatic heterocycles. The predicted molar refractivity (Wildman–Crippen MR) is 49.5 cm³/mol. The molecule has 1 heterocycles. The molecule has 3 nitrogen and oxygen atoms in total. The van der Waals surface area contributed by atoms with E-state index in [1.54, 1.807) is 12.1 Å². The Bertz CT molecular complexity index is 314. The van der Waals surface area contributed by atoms with Crippen LogP contribution in [0, 0.1) is 5.92 Å². The second kappa shape index (κ2) is 3.38. The van der Waals surface area contributed by atoms with Crippen LogP contribution in [0.25, 0.3) is 0 Å². The van der Waals surface area contributed by atoms with Crippen molar-refractivity contribution >= 4 is 17.3 Å². The molecule has 70 valence electrons. The van der Waals surface area contributed by atoms with Crippen molar-refractivity contribution in [1.82, 2.24) is 0 Å². The van der Waals surface area contributed by atoms with Crippen molar-refractivity contribution in [2.75, 3.05) is 6.61 Å². The van der Waals surface area contributed by atoms with Crippen LogP contribution in [0.15, 0.2) is 12.1 Å². The highest BCUT2D eigenvalue weighted by molar-refractivity contribution is 7.15. The van der Waals surface area contributed by atoms with Gasteiger partial charge in [-0.15, -0.1) is 0 Å². The first-order valence-electron chi connectivity index (χ1n) is 4.21. The SMILES string of the molecule is O=C(O)c1ccc(OCC2CC2)s1. The summed E-state index contributed by atoms with van der Waals surface area (Å²) in [5.74, 6) is -0.179. The lowest BCUT2D eigenvalue weighted by Gasteiger charge is -1.99. The number of hydrogen-bond acceptors (Lipinski definition) is 3. The van der Waals surface area contributed by atoms with E-state index in [4.69, 9.17) is 9.84 Å². The first-order valence-corrected chi connectivity index (χ1v) is 5.03. The molecule has 0 bridgehead atoms. The molecule has 1 fully saturated rings. The number of carboxylic acid groups (broad SMARTS) is 1. The molecule has 1 aromatic heterocycles. The maximum atomic E-state index is 10.5. The fourth-order valence-corrected chi connectivity index (χ4v) is 1.70. The summed E-state index contributed by atoms with van der Waals surface area (Å²) in [4.78, 5) is 10.9. The second-order valence-corrected chi connectivity index (χ2v) is 4.22. The maximum Gasteiger partial charge on any atom is 0.345 e. The molecule has 0 atom stereocenters. The number of thiophene rings is 1. The van der Waals surface area contributed by atoms with Crippen LogP contribution in [0.4, 0.5) is 0 Å². The summed E-state index contributed by atoms with van der Waals surface area (Å²) in [6, 6.07) is 3.30. The van der Waals surface area contributed by atoms with E-state index >= 15 is 0 Å². The van der Waals surface area contributed by atoms with Gasteiger partial charge < -0.3 is 9.84 Å². The Balaban J connectivity index is 1.92. The lowest BCUT2D eigenvalue weighted by molar-refractivity contribution is 0.0702. The molecule has 0 amide bonds. The molecular formula is C9H10O3S. The standard InChI is InChI=1S/C9H10O3S/c10-9(11)7-3-4-8(13-7)12-5-6-1-2-6/h3-4,6H,1-2,5H2,(H,10,11). The van der Waals surface area contributed by atoms with Crippen LogP contribution in [-0.4, -0.2) is 17.7 Å². The highest BCUT2D eigenvalue weighted by atomic mass is 32.1. The summed E-state index contributed by atoms with van der Waals surface area (Å²) < 4.78 is 5.42. The van der Waals surface area contributed by atoms with Gasteiger partial charge in [0, 0.05) is 0 Å². The molecule has 4 heteroatoms. The number of carbonyl (C=O) groups is 1. The molecule has 0 aromatic carbocycles. The van der Waals surface area contributed by atoms with Gasteiger partial charge in [0.2, 0.25) is 0 Å². The van der Waals surface area contributed by atoms with Crippen LogP contribution >= 0.6 is 11.3 Å². The van der Waals surface area contributed by atoms with Crippen LogP contribution in [0.2, 0.25) is 0 Å². The minimum absolute atomic E-state index is 0.339. The summed E-state index contributed by atoms with van der Waals surface area (Å²) in [7, 11) is 0. The Morgan fingerprint density at radius 3 is 2.92 bits per heavy atom. The van der Waals surface area contributed by atoms with Crippen molar-refractivity contribution in [3.8, 4) is 5.06 Å². The van der Waals surface area contributed by atoms with Crippen molar-refractivity contribution in [2.24, 2.45) is 5.92 Å². The molecule has 13 heavy (non-hydrogen) atoms. The van der Waals surface area contributed by atoms with Crippen LogP contribution in [0.3, 0.4) is 0 Å². The van der Waals surface area contributed by atoms with Gasteiger partial charge in [0.1, 0.15) is 4.88 Å². The van der Waals surface area contributed by atoms with Crippen LogP contribution in [0.1, 0.15) is 22.5 Å². The fraction of sp³-hybridized carbons (Fsp3) is 0.444. The molecule has 0 unspecified atom stereocenters. The first kappa shape index (κ1) is 8.56. The van der Waals surface area contributed by atoms with E-state index in [9.17, 15) is 4.79 Å². The second-order valence-electron chi connectivity index (χ2n) is 3.18. The van der Waals surface area contributed by atoms with E-state index in [1.165, 1.54) is 24.2 Å². The normalized spacial score (nSPS) is 15.7. The van der Waals surface area contributed by atoms with E-state index in [0.29, 0.717) is 15.9 Å². The molecule has 1 aliphatic rings. The van der Waals surface area contributed by atoms with Gasteiger partial charge in [0.25, 0.3) is 0 Å². The van der Waals surface area contributed by atoms with Gasteiger partial charge in [-0.05, 0) is 30.9 Å². The van der Waals surface area contributed by atoms with Gasteiger partial charge in [-0.3, -0.25) is 0 Å². The summed E-state index contributed by atoms with van der Waals surface area (Å²) in [5.41, 5.74) is 0. The Morgan fingerprint density at radius 1 is 1.62 bits per heavy atom. The number of aromatic carboxylic acids is 1. The van der Waals surface area contributed by atoms with Gasteiger partial charge in [0.15, 0.2) is 5.06 Å². The van der Waals surface area contributed by atoms with E-state index in [0.717, 1.165) is 6.61 Å². The monoisotopic (exact) mass is 198 g/mol. The molecule has 0 saturated heterocycles. The minimum Gasteiger partial charge on any atom is -0.484 e. The lowest BCUT2D eigenvalue weighted by Crippen LogP contribution is -1.96. The molecule has 1 aliphatic carbocycles. The zero-order valence-electron chi connectivity index (χ0n) is 7.03. The summed E-state index contributed by atoms with van der Waals surface area (Å²) in [6.07, 6.45) is 2.49.